The van der Waals surface area contributed by atoms with Gasteiger partial charge in [0.15, 0.2) is 0 Å². The first-order valence-electron chi connectivity index (χ1n) is 8.65. The van der Waals surface area contributed by atoms with Gasteiger partial charge in [-0.05, 0) is 30.1 Å². The Bertz CT molecular complexity index is 126. The molecule has 0 heterocycles. The van der Waals surface area contributed by atoms with Gasteiger partial charge in [0.05, 0.1) is 0 Å². The molecule has 18 heavy (non-hydrogen) atoms. The van der Waals surface area contributed by atoms with E-state index in [-0.39, 0.29) is 0 Å². The maximum atomic E-state index is 2.44. The summed E-state index contributed by atoms with van der Waals surface area (Å²) in [5.41, 5.74) is 0. The number of rotatable bonds is 2. The van der Waals surface area contributed by atoms with Crippen molar-refractivity contribution in [1.29, 1.82) is 0 Å². The average Bonchev–Trinajstić information content (AvgIpc) is 2.45. The summed E-state index contributed by atoms with van der Waals surface area (Å²) in [5, 5.41) is 0. The van der Waals surface area contributed by atoms with Crippen LogP contribution in [0.1, 0.15) is 94.9 Å². The Balaban J connectivity index is -0.000000328. The standard InChI is InChI=1S/C12H24.3C2H6/c1-5-11-7-6-10(4)12(8-11)9(2)3;3*1-2/h9-12H,5-8H2,1-4H3;3*1-2H3. The SMILES string of the molecule is CC.CC.CC.CCC1CCC(C)C(C(C)C)C1. The maximum absolute atomic E-state index is 2.44. The molecule has 0 N–H and O–H groups in total. The van der Waals surface area contributed by atoms with E-state index in [9.17, 15) is 0 Å². The molecule has 3 atom stereocenters. The van der Waals surface area contributed by atoms with Crippen LogP contribution in [0.5, 0.6) is 0 Å². The molecule has 0 aromatic carbocycles. The second-order valence-corrected chi connectivity index (χ2v) is 4.97. The summed E-state index contributed by atoms with van der Waals surface area (Å²) in [7, 11) is 0. The van der Waals surface area contributed by atoms with Crippen molar-refractivity contribution < 1.29 is 0 Å². The van der Waals surface area contributed by atoms with E-state index < -0.39 is 0 Å². The van der Waals surface area contributed by atoms with Gasteiger partial charge < -0.3 is 0 Å². The molecule has 3 unspecified atom stereocenters. The summed E-state index contributed by atoms with van der Waals surface area (Å²) in [4.78, 5) is 0. The minimum atomic E-state index is 0.898. The molecule has 0 aliphatic heterocycles. The fourth-order valence-electron chi connectivity index (χ4n) is 2.75. The zero-order chi connectivity index (χ0) is 15.1. The third-order valence-electron chi connectivity index (χ3n) is 3.80. The zero-order valence-corrected chi connectivity index (χ0v) is 15.1. The van der Waals surface area contributed by atoms with Crippen molar-refractivity contribution in [3.8, 4) is 0 Å². The van der Waals surface area contributed by atoms with Crippen LogP contribution in [0.4, 0.5) is 0 Å². The molecule has 0 radical (unpaired) electrons. The van der Waals surface area contributed by atoms with Crippen LogP contribution in [-0.2, 0) is 0 Å². The highest BCUT2D eigenvalue weighted by molar-refractivity contribution is 4.79. The minimum absolute atomic E-state index is 0.898. The van der Waals surface area contributed by atoms with Crippen molar-refractivity contribution in [2.45, 2.75) is 94.9 Å². The van der Waals surface area contributed by atoms with Gasteiger partial charge in [0.1, 0.15) is 0 Å². The van der Waals surface area contributed by atoms with Crippen molar-refractivity contribution in [2.75, 3.05) is 0 Å². The van der Waals surface area contributed by atoms with Crippen LogP contribution in [-0.4, -0.2) is 0 Å². The van der Waals surface area contributed by atoms with Gasteiger partial charge in [-0.3, -0.25) is 0 Å². The van der Waals surface area contributed by atoms with Crippen LogP contribution in [0.3, 0.4) is 0 Å². The van der Waals surface area contributed by atoms with E-state index in [0.717, 1.165) is 23.7 Å². The summed E-state index contributed by atoms with van der Waals surface area (Å²) in [6.45, 7) is 21.6. The van der Waals surface area contributed by atoms with E-state index in [2.05, 4.69) is 27.7 Å². The molecule has 1 fully saturated rings. The van der Waals surface area contributed by atoms with E-state index in [4.69, 9.17) is 0 Å². The highest BCUT2D eigenvalue weighted by Gasteiger charge is 2.28. The van der Waals surface area contributed by atoms with Gasteiger partial charge >= 0.3 is 0 Å². The van der Waals surface area contributed by atoms with E-state index in [0.29, 0.717) is 0 Å². The molecule has 0 aromatic heterocycles. The molecule has 0 saturated heterocycles. The van der Waals surface area contributed by atoms with Gasteiger partial charge in [-0.25, -0.2) is 0 Å². The lowest BCUT2D eigenvalue weighted by molar-refractivity contribution is 0.145. The molecule has 0 bridgehead atoms. The van der Waals surface area contributed by atoms with Gasteiger partial charge in [0.2, 0.25) is 0 Å². The minimum Gasteiger partial charge on any atom is -0.0683 e. The summed E-state index contributed by atoms with van der Waals surface area (Å²) in [6, 6.07) is 0. The van der Waals surface area contributed by atoms with Crippen molar-refractivity contribution in [1.82, 2.24) is 0 Å². The molecule has 0 heteroatoms. The van der Waals surface area contributed by atoms with Crippen molar-refractivity contribution >= 4 is 0 Å². The molecular weight excluding hydrogens is 216 g/mol. The van der Waals surface area contributed by atoms with E-state index >= 15 is 0 Å². The van der Waals surface area contributed by atoms with E-state index in [1.54, 1.807) is 0 Å². The fourth-order valence-corrected chi connectivity index (χ4v) is 2.75. The van der Waals surface area contributed by atoms with Crippen molar-refractivity contribution in [3.63, 3.8) is 0 Å². The van der Waals surface area contributed by atoms with Gasteiger partial charge in [0.25, 0.3) is 0 Å². The van der Waals surface area contributed by atoms with Crippen LogP contribution >= 0.6 is 0 Å². The van der Waals surface area contributed by atoms with Gasteiger partial charge in [0, 0.05) is 0 Å². The first-order valence-corrected chi connectivity index (χ1v) is 8.65. The van der Waals surface area contributed by atoms with Crippen LogP contribution in [0.2, 0.25) is 0 Å². The lowest BCUT2D eigenvalue weighted by Crippen LogP contribution is -2.26. The van der Waals surface area contributed by atoms with E-state index in [1.807, 2.05) is 41.5 Å². The predicted molar refractivity (Wildman–Crippen MR) is 89.2 cm³/mol. The number of hydrogen-bond acceptors (Lipinski definition) is 0. The monoisotopic (exact) mass is 258 g/mol. The Morgan fingerprint density at radius 2 is 1.33 bits per heavy atom. The molecule has 0 spiro atoms. The zero-order valence-electron chi connectivity index (χ0n) is 15.1. The quantitative estimate of drug-likeness (QED) is 0.492. The van der Waals surface area contributed by atoms with Crippen molar-refractivity contribution in [2.24, 2.45) is 23.7 Å². The third-order valence-corrected chi connectivity index (χ3v) is 3.80. The molecule has 1 saturated carbocycles. The van der Waals surface area contributed by atoms with Crippen LogP contribution in [0.25, 0.3) is 0 Å². The molecule has 1 aliphatic carbocycles. The van der Waals surface area contributed by atoms with E-state index in [1.165, 1.54) is 25.7 Å². The van der Waals surface area contributed by atoms with Gasteiger partial charge in [-0.2, -0.15) is 0 Å². The Morgan fingerprint density at radius 3 is 1.67 bits per heavy atom. The maximum Gasteiger partial charge on any atom is -0.0363 e. The Kier molecular flexibility index (Phi) is 21.8. The summed E-state index contributed by atoms with van der Waals surface area (Å²) in [6.07, 6.45) is 5.85. The topological polar surface area (TPSA) is 0 Å². The first kappa shape index (κ1) is 23.1. The second-order valence-electron chi connectivity index (χ2n) is 4.97. The lowest BCUT2D eigenvalue weighted by Gasteiger charge is -2.36. The molecule has 0 amide bonds. The first-order chi connectivity index (χ1) is 8.65. The Morgan fingerprint density at radius 1 is 0.889 bits per heavy atom. The summed E-state index contributed by atoms with van der Waals surface area (Å²) < 4.78 is 0. The normalized spacial score (nSPS) is 25.8. The highest BCUT2D eigenvalue weighted by Crippen LogP contribution is 2.38. The fraction of sp³-hybridized carbons (Fsp3) is 1.00. The molecule has 114 valence electrons. The van der Waals surface area contributed by atoms with Crippen LogP contribution in [0, 0.1) is 23.7 Å². The lowest BCUT2D eigenvalue weighted by atomic mass is 9.70. The predicted octanol–water partition coefficient (Wildman–Crippen LogP) is 7.18. The van der Waals surface area contributed by atoms with Gasteiger partial charge in [-0.1, -0.05) is 88.5 Å². The average molecular weight is 259 g/mol. The molecule has 1 rings (SSSR count). The number of hydrogen-bond donors (Lipinski definition) is 0. The second kappa shape index (κ2) is 17.0. The molecule has 1 aliphatic rings. The van der Waals surface area contributed by atoms with Gasteiger partial charge in [-0.15, -0.1) is 0 Å². The Hall–Kier alpha value is 0. The van der Waals surface area contributed by atoms with Crippen LogP contribution < -0.4 is 0 Å². The van der Waals surface area contributed by atoms with Crippen LogP contribution in [0.15, 0.2) is 0 Å². The largest absolute Gasteiger partial charge is 0.0683 e. The molecule has 0 nitrogen and oxygen atoms in total. The Labute approximate surface area is 119 Å². The smallest absolute Gasteiger partial charge is 0.0363 e. The summed E-state index contributed by atoms with van der Waals surface area (Å²) >= 11 is 0. The van der Waals surface area contributed by atoms with Crippen molar-refractivity contribution in [3.05, 3.63) is 0 Å². The molecular formula is C18H42. The highest BCUT2D eigenvalue weighted by atomic mass is 14.3. The molecule has 0 aromatic rings. The summed E-state index contributed by atoms with van der Waals surface area (Å²) in [5.74, 6) is 3.92. The third kappa shape index (κ3) is 9.97.